The highest BCUT2D eigenvalue weighted by Gasteiger charge is 2.46. The van der Waals surface area contributed by atoms with Crippen LogP contribution < -0.4 is 0 Å². The molecule has 1 unspecified atom stereocenters. The minimum absolute atomic E-state index is 0.121. The van der Waals surface area contributed by atoms with E-state index in [0.717, 1.165) is 44.9 Å². The van der Waals surface area contributed by atoms with E-state index in [2.05, 4.69) is 13.8 Å². The lowest BCUT2D eigenvalue weighted by atomic mass is 9.76. The summed E-state index contributed by atoms with van der Waals surface area (Å²) in [7, 11) is 0. The fourth-order valence-corrected chi connectivity index (χ4v) is 4.07. The van der Waals surface area contributed by atoms with Crippen LogP contribution in [0.5, 0.6) is 0 Å². The summed E-state index contributed by atoms with van der Waals surface area (Å²) in [5, 5.41) is 9.37. The number of rotatable bonds is 4. The van der Waals surface area contributed by atoms with Crippen molar-refractivity contribution in [2.24, 2.45) is 11.3 Å². The zero-order valence-electron chi connectivity index (χ0n) is 12.7. The first-order valence-corrected chi connectivity index (χ1v) is 8.00. The standard InChI is InChI=1S/C16H27NO3/c1-12(2)11-16(8-4-5-9-16)15(20)17-10-6-3-7-13(17)14(18)19/h12-13H,3-11H2,1-2H3,(H,18,19). The number of piperidine rings is 1. The molecule has 1 saturated carbocycles. The molecular formula is C16H27NO3. The zero-order valence-corrected chi connectivity index (χ0v) is 12.7. The number of likely N-dealkylation sites (tertiary alicyclic amines) is 1. The second kappa shape index (κ2) is 6.15. The molecule has 0 bridgehead atoms. The Morgan fingerprint density at radius 3 is 2.40 bits per heavy atom. The summed E-state index contributed by atoms with van der Waals surface area (Å²) in [6.45, 7) is 4.92. The van der Waals surface area contributed by atoms with Gasteiger partial charge in [-0.15, -0.1) is 0 Å². The molecule has 2 fully saturated rings. The molecule has 1 N–H and O–H groups in total. The SMILES string of the molecule is CC(C)CC1(C(=O)N2CCCCC2C(=O)O)CCCC1. The summed E-state index contributed by atoms with van der Waals surface area (Å²) in [6.07, 6.45) is 7.44. The van der Waals surface area contributed by atoms with Crippen LogP contribution in [0.4, 0.5) is 0 Å². The van der Waals surface area contributed by atoms with Crippen molar-refractivity contribution in [2.45, 2.75) is 71.3 Å². The van der Waals surface area contributed by atoms with Gasteiger partial charge in [0.25, 0.3) is 0 Å². The van der Waals surface area contributed by atoms with Gasteiger partial charge in [-0.2, -0.15) is 0 Å². The van der Waals surface area contributed by atoms with Gasteiger partial charge in [0.15, 0.2) is 0 Å². The molecule has 0 radical (unpaired) electrons. The number of aliphatic carboxylic acids is 1. The average Bonchev–Trinajstić information content (AvgIpc) is 2.86. The number of carboxylic acids is 1. The first-order valence-electron chi connectivity index (χ1n) is 8.00. The Hall–Kier alpha value is -1.06. The molecule has 4 heteroatoms. The summed E-state index contributed by atoms with van der Waals surface area (Å²) in [6, 6.07) is -0.596. The van der Waals surface area contributed by atoms with Crippen LogP contribution in [0.2, 0.25) is 0 Å². The number of hydrogen-bond donors (Lipinski definition) is 1. The van der Waals surface area contributed by atoms with Crippen molar-refractivity contribution in [1.29, 1.82) is 0 Å². The van der Waals surface area contributed by atoms with E-state index in [-0.39, 0.29) is 11.3 Å². The minimum atomic E-state index is -0.837. The lowest BCUT2D eigenvalue weighted by Crippen LogP contribution is -2.53. The Balaban J connectivity index is 2.19. The lowest BCUT2D eigenvalue weighted by molar-refractivity contribution is -0.158. The van der Waals surface area contributed by atoms with Crippen molar-refractivity contribution >= 4 is 11.9 Å². The lowest BCUT2D eigenvalue weighted by Gasteiger charge is -2.40. The quantitative estimate of drug-likeness (QED) is 0.861. The van der Waals surface area contributed by atoms with Gasteiger partial charge in [0.1, 0.15) is 6.04 Å². The van der Waals surface area contributed by atoms with E-state index in [1.165, 1.54) is 0 Å². The minimum Gasteiger partial charge on any atom is -0.480 e. The van der Waals surface area contributed by atoms with E-state index in [9.17, 15) is 14.7 Å². The maximum Gasteiger partial charge on any atom is 0.326 e. The molecule has 0 aromatic carbocycles. The van der Waals surface area contributed by atoms with Gasteiger partial charge in [-0.05, 0) is 44.4 Å². The third-order valence-corrected chi connectivity index (χ3v) is 4.86. The molecule has 1 heterocycles. The smallest absolute Gasteiger partial charge is 0.326 e. The molecule has 1 atom stereocenters. The molecular weight excluding hydrogens is 254 g/mol. The van der Waals surface area contributed by atoms with Crippen molar-refractivity contribution in [3.63, 3.8) is 0 Å². The normalized spacial score (nSPS) is 25.9. The van der Waals surface area contributed by atoms with Crippen molar-refractivity contribution < 1.29 is 14.7 Å². The Morgan fingerprint density at radius 2 is 1.85 bits per heavy atom. The van der Waals surface area contributed by atoms with Crippen LogP contribution in [0.3, 0.4) is 0 Å². The molecule has 2 aliphatic rings. The first kappa shape index (κ1) is 15.3. The van der Waals surface area contributed by atoms with Crippen LogP contribution in [0.15, 0.2) is 0 Å². The fourth-order valence-electron chi connectivity index (χ4n) is 4.07. The average molecular weight is 281 g/mol. The van der Waals surface area contributed by atoms with Gasteiger partial charge in [0.2, 0.25) is 5.91 Å². The van der Waals surface area contributed by atoms with Gasteiger partial charge in [0.05, 0.1) is 0 Å². The maximum absolute atomic E-state index is 13.0. The first-order chi connectivity index (χ1) is 9.46. The van der Waals surface area contributed by atoms with Crippen molar-refractivity contribution in [1.82, 2.24) is 4.90 Å². The van der Waals surface area contributed by atoms with E-state index >= 15 is 0 Å². The molecule has 2 rings (SSSR count). The number of carbonyl (C=O) groups excluding carboxylic acids is 1. The Bertz CT molecular complexity index is 372. The third-order valence-electron chi connectivity index (χ3n) is 4.86. The van der Waals surface area contributed by atoms with E-state index in [0.29, 0.717) is 18.9 Å². The molecule has 1 aliphatic carbocycles. The van der Waals surface area contributed by atoms with Gasteiger partial charge >= 0.3 is 5.97 Å². The van der Waals surface area contributed by atoms with Crippen molar-refractivity contribution in [3.05, 3.63) is 0 Å². The van der Waals surface area contributed by atoms with Gasteiger partial charge in [-0.3, -0.25) is 4.79 Å². The van der Waals surface area contributed by atoms with E-state index in [1.807, 2.05) is 0 Å². The van der Waals surface area contributed by atoms with Crippen LogP contribution in [-0.4, -0.2) is 34.5 Å². The van der Waals surface area contributed by atoms with Gasteiger partial charge in [0, 0.05) is 12.0 Å². The molecule has 0 aromatic heterocycles. The summed E-state index contributed by atoms with van der Waals surface area (Å²) in [5.41, 5.74) is -0.279. The topological polar surface area (TPSA) is 57.6 Å². The Labute approximate surface area is 121 Å². The highest BCUT2D eigenvalue weighted by atomic mass is 16.4. The van der Waals surface area contributed by atoms with Gasteiger partial charge in [-0.25, -0.2) is 4.79 Å². The second-order valence-electron chi connectivity index (χ2n) is 6.93. The number of amides is 1. The third kappa shape index (κ3) is 2.99. The number of hydrogen-bond acceptors (Lipinski definition) is 2. The highest BCUT2D eigenvalue weighted by Crippen LogP contribution is 2.45. The molecule has 1 saturated heterocycles. The van der Waals surface area contributed by atoms with Crippen LogP contribution in [-0.2, 0) is 9.59 Å². The molecule has 1 aliphatic heterocycles. The molecule has 114 valence electrons. The molecule has 0 aromatic rings. The summed E-state index contributed by atoms with van der Waals surface area (Å²) >= 11 is 0. The van der Waals surface area contributed by atoms with E-state index in [4.69, 9.17) is 0 Å². The molecule has 1 amide bonds. The van der Waals surface area contributed by atoms with E-state index in [1.54, 1.807) is 4.90 Å². The van der Waals surface area contributed by atoms with Crippen LogP contribution in [0, 0.1) is 11.3 Å². The van der Waals surface area contributed by atoms with Crippen LogP contribution in [0.25, 0.3) is 0 Å². The monoisotopic (exact) mass is 281 g/mol. The molecule has 4 nitrogen and oxygen atoms in total. The highest BCUT2D eigenvalue weighted by molar-refractivity contribution is 5.88. The maximum atomic E-state index is 13.0. The number of carbonyl (C=O) groups is 2. The van der Waals surface area contributed by atoms with Crippen molar-refractivity contribution in [2.75, 3.05) is 6.54 Å². The predicted molar refractivity (Wildman–Crippen MR) is 77.3 cm³/mol. The predicted octanol–water partition coefficient (Wildman–Crippen LogP) is 3.06. The summed E-state index contributed by atoms with van der Waals surface area (Å²) in [4.78, 5) is 26.1. The second-order valence-corrected chi connectivity index (χ2v) is 6.93. The number of nitrogens with zero attached hydrogens (tertiary/aromatic N) is 1. The van der Waals surface area contributed by atoms with Crippen LogP contribution in [0.1, 0.15) is 65.2 Å². The Morgan fingerprint density at radius 1 is 1.20 bits per heavy atom. The van der Waals surface area contributed by atoms with Gasteiger partial charge < -0.3 is 10.0 Å². The summed E-state index contributed by atoms with van der Waals surface area (Å²) in [5.74, 6) is -0.239. The molecule has 20 heavy (non-hydrogen) atoms. The zero-order chi connectivity index (χ0) is 14.8. The van der Waals surface area contributed by atoms with Crippen LogP contribution >= 0.6 is 0 Å². The Kier molecular flexibility index (Phi) is 4.71. The summed E-state index contributed by atoms with van der Waals surface area (Å²) < 4.78 is 0. The van der Waals surface area contributed by atoms with Crippen molar-refractivity contribution in [3.8, 4) is 0 Å². The van der Waals surface area contributed by atoms with Gasteiger partial charge in [-0.1, -0.05) is 26.7 Å². The molecule has 0 spiro atoms. The largest absolute Gasteiger partial charge is 0.480 e. The number of carboxylic acid groups (broad SMARTS) is 1. The fraction of sp³-hybridized carbons (Fsp3) is 0.875. The van der Waals surface area contributed by atoms with E-state index < -0.39 is 12.0 Å².